The molecule has 0 aliphatic rings. The van der Waals surface area contributed by atoms with E-state index in [1.165, 1.54) is 10.6 Å². The van der Waals surface area contributed by atoms with Crippen LogP contribution in [0.5, 0.6) is 0 Å². The second kappa shape index (κ2) is 4.78. The summed E-state index contributed by atoms with van der Waals surface area (Å²) < 4.78 is 2.22. The zero-order valence-electron chi connectivity index (χ0n) is 11.2. The van der Waals surface area contributed by atoms with Crippen LogP contribution in [0.4, 0.5) is 0 Å². The van der Waals surface area contributed by atoms with E-state index >= 15 is 0 Å². The fourth-order valence-corrected chi connectivity index (χ4v) is 2.71. The van der Waals surface area contributed by atoms with E-state index < -0.39 is 0 Å². The third-order valence-corrected chi connectivity index (χ3v) is 4.23. The number of nitrogens with one attached hydrogen (secondary N) is 1. The summed E-state index contributed by atoms with van der Waals surface area (Å²) in [6.07, 6.45) is 2.18. The van der Waals surface area contributed by atoms with E-state index in [0.29, 0.717) is 12.0 Å². The van der Waals surface area contributed by atoms with Gasteiger partial charge in [0.05, 0.1) is 11.4 Å². The van der Waals surface area contributed by atoms with Gasteiger partial charge in [-0.05, 0) is 26.7 Å². The van der Waals surface area contributed by atoms with Crippen LogP contribution in [0.3, 0.4) is 0 Å². The number of aromatic nitrogens is 2. The van der Waals surface area contributed by atoms with E-state index in [1.807, 2.05) is 0 Å². The Morgan fingerprint density at radius 1 is 1.35 bits per heavy atom. The number of fused-ring (bicyclic) bond motifs is 1. The van der Waals surface area contributed by atoms with Gasteiger partial charge >= 0.3 is 0 Å². The van der Waals surface area contributed by atoms with Gasteiger partial charge in [-0.25, -0.2) is 4.98 Å². The largest absolute Gasteiger partial charge is 0.308 e. The number of hydrogen-bond donors (Lipinski definition) is 1. The molecule has 0 aliphatic heterocycles. The monoisotopic (exact) mass is 251 g/mol. The fourth-order valence-electron chi connectivity index (χ4n) is 1.82. The van der Waals surface area contributed by atoms with E-state index in [0.717, 1.165) is 17.2 Å². The third kappa shape index (κ3) is 2.53. The maximum absolute atomic E-state index is 4.60. The Morgan fingerprint density at radius 3 is 2.71 bits per heavy atom. The molecule has 0 aliphatic carbocycles. The Hall–Kier alpha value is -0.870. The highest BCUT2D eigenvalue weighted by atomic mass is 32.1. The molecular weight excluding hydrogens is 230 g/mol. The minimum absolute atomic E-state index is 0.527. The van der Waals surface area contributed by atoms with Crippen molar-refractivity contribution in [2.24, 2.45) is 5.92 Å². The topological polar surface area (TPSA) is 29.3 Å². The Morgan fingerprint density at radius 2 is 2.06 bits per heavy atom. The molecule has 0 spiro atoms. The summed E-state index contributed by atoms with van der Waals surface area (Å²) >= 11 is 1.75. The molecule has 17 heavy (non-hydrogen) atoms. The standard InChI is InChI=1S/C13H21N3S/c1-8(2)10(4)14-6-12-11(5)15-13-16(12)7-9(3)17-13/h7-8,10,14H,6H2,1-5H3. The average Bonchev–Trinajstić information content (AvgIpc) is 2.70. The number of nitrogens with zero attached hydrogens (tertiary/aromatic N) is 2. The third-order valence-electron chi connectivity index (χ3n) is 3.33. The Labute approximate surface area is 107 Å². The van der Waals surface area contributed by atoms with Crippen LogP contribution in [0.15, 0.2) is 6.20 Å². The first-order chi connectivity index (χ1) is 7.99. The number of thiazole rings is 1. The van der Waals surface area contributed by atoms with Crippen molar-refractivity contribution in [1.29, 1.82) is 0 Å². The lowest BCUT2D eigenvalue weighted by atomic mass is 10.1. The second-order valence-corrected chi connectivity index (χ2v) is 6.27. The Bertz CT molecular complexity index is 510. The van der Waals surface area contributed by atoms with Crippen LogP contribution in [0.25, 0.3) is 4.96 Å². The van der Waals surface area contributed by atoms with Gasteiger partial charge in [0.2, 0.25) is 0 Å². The van der Waals surface area contributed by atoms with Crippen molar-refractivity contribution >= 4 is 16.3 Å². The second-order valence-electron chi connectivity index (χ2n) is 5.05. The maximum Gasteiger partial charge on any atom is 0.194 e. The van der Waals surface area contributed by atoms with E-state index in [9.17, 15) is 0 Å². The molecule has 0 bridgehead atoms. The molecule has 1 atom stereocenters. The summed E-state index contributed by atoms with van der Waals surface area (Å²) in [5.41, 5.74) is 2.43. The Balaban J connectivity index is 2.19. The molecule has 1 unspecified atom stereocenters. The first-order valence-corrected chi connectivity index (χ1v) is 6.98. The van der Waals surface area contributed by atoms with E-state index in [4.69, 9.17) is 0 Å². The summed E-state index contributed by atoms with van der Waals surface area (Å²) in [5.74, 6) is 0.655. The highest BCUT2D eigenvalue weighted by Crippen LogP contribution is 2.20. The first kappa shape index (κ1) is 12.6. The molecule has 2 aromatic heterocycles. The van der Waals surface area contributed by atoms with Crippen LogP contribution in [0, 0.1) is 19.8 Å². The van der Waals surface area contributed by atoms with E-state index in [1.54, 1.807) is 11.3 Å². The molecule has 0 amide bonds. The van der Waals surface area contributed by atoms with Crippen molar-refractivity contribution in [1.82, 2.24) is 14.7 Å². The number of aryl methyl sites for hydroxylation is 2. The Kier molecular flexibility index (Phi) is 3.54. The van der Waals surface area contributed by atoms with Crippen LogP contribution >= 0.6 is 11.3 Å². The SMILES string of the molecule is Cc1cn2c(CNC(C)C(C)C)c(C)nc2s1. The molecular formula is C13H21N3S. The van der Waals surface area contributed by atoms with Gasteiger partial charge in [-0.1, -0.05) is 13.8 Å². The van der Waals surface area contributed by atoms with Crippen LogP contribution in [0.1, 0.15) is 37.0 Å². The molecule has 2 rings (SSSR count). The first-order valence-electron chi connectivity index (χ1n) is 6.16. The zero-order valence-corrected chi connectivity index (χ0v) is 12.1. The zero-order chi connectivity index (χ0) is 12.6. The van der Waals surface area contributed by atoms with Crippen molar-refractivity contribution in [3.05, 3.63) is 22.5 Å². The molecule has 2 aromatic rings. The van der Waals surface area contributed by atoms with Gasteiger partial charge in [0, 0.05) is 23.7 Å². The predicted octanol–water partition coefficient (Wildman–Crippen LogP) is 3.15. The molecule has 1 N–H and O–H groups in total. The summed E-state index contributed by atoms with van der Waals surface area (Å²) in [5, 5.41) is 3.57. The highest BCUT2D eigenvalue weighted by molar-refractivity contribution is 7.17. The lowest BCUT2D eigenvalue weighted by molar-refractivity contribution is 0.423. The van der Waals surface area contributed by atoms with Crippen molar-refractivity contribution in [2.45, 2.75) is 47.2 Å². The van der Waals surface area contributed by atoms with Crippen LogP contribution < -0.4 is 5.32 Å². The smallest absolute Gasteiger partial charge is 0.194 e. The van der Waals surface area contributed by atoms with Gasteiger partial charge in [-0.2, -0.15) is 0 Å². The average molecular weight is 251 g/mol. The molecule has 94 valence electrons. The quantitative estimate of drug-likeness (QED) is 0.904. The number of hydrogen-bond acceptors (Lipinski definition) is 3. The van der Waals surface area contributed by atoms with Crippen molar-refractivity contribution in [3.63, 3.8) is 0 Å². The van der Waals surface area contributed by atoms with Crippen LogP contribution in [0.2, 0.25) is 0 Å². The summed E-state index contributed by atoms with van der Waals surface area (Å²) in [6.45, 7) is 11.8. The number of imidazole rings is 1. The summed E-state index contributed by atoms with van der Waals surface area (Å²) in [7, 11) is 0. The maximum atomic E-state index is 4.60. The number of rotatable bonds is 4. The van der Waals surface area contributed by atoms with E-state index in [-0.39, 0.29) is 0 Å². The van der Waals surface area contributed by atoms with Crippen molar-refractivity contribution in [2.75, 3.05) is 0 Å². The van der Waals surface area contributed by atoms with Gasteiger partial charge in [-0.3, -0.25) is 4.40 Å². The van der Waals surface area contributed by atoms with Crippen molar-refractivity contribution < 1.29 is 0 Å². The van der Waals surface area contributed by atoms with Crippen LogP contribution in [-0.2, 0) is 6.54 Å². The highest BCUT2D eigenvalue weighted by Gasteiger charge is 2.12. The van der Waals surface area contributed by atoms with Gasteiger partial charge in [0.1, 0.15) is 0 Å². The minimum Gasteiger partial charge on any atom is -0.308 e. The van der Waals surface area contributed by atoms with Gasteiger partial charge in [-0.15, -0.1) is 11.3 Å². The van der Waals surface area contributed by atoms with Gasteiger partial charge < -0.3 is 5.32 Å². The predicted molar refractivity (Wildman–Crippen MR) is 73.7 cm³/mol. The molecule has 4 heteroatoms. The lowest BCUT2D eigenvalue weighted by Gasteiger charge is -2.17. The molecule has 0 saturated carbocycles. The fraction of sp³-hybridized carbons (Fsp3) is 0.615. The summed E-state index contributed by atoms with van der Waals surface area (Å²) in [6, 6.07) is 0.527. The molecule has 0 saturated heterocycles. The minimum atomic E-state index is 0.527. The van der Waals surface area contributed by atoms with E-state index in [2.05, 4.69) is 55.5 Å². The molecule has 0 fully saturated rings. The van der Waals surface area contributed by atoms with Crippen LogP contribution in [-0.4, -0.2) is 15.4 Å². The molecule has 0 radical (unpaired) electrons. The molecule has 2 heterocycles. The van der Waals surface area contributed by atoms with Gasteiger partial charge in [0.25, 0.3) is 0 Å². The molecule has 3 nitrogen and oxygen atoms in total. The summed E-state index contributed by atoms with van der Waals surface area (Å²) in [4.78, 5) is 7.01. The molecule has 0 aromatic carbocycles. The lowest BCUT2D eigenvalue weighted by Crippen LogP contribution is -2.30. The van der Waals surface area contributed by atoms with Gasteiger partial charge in [0.15, 0.2) is 4.96 Å². The van der Waals surface area contributed by atoms with Crippen molar-refractivity contribution in [3.8, 4) is 0 Å². The normalized spacial score (nSPS) is 13.8.